The molecule has 0 saturated carbocycles. The lowest BCUT2D eigenvalue weighted by Gasteiger charge is -2.24. The summed E-state index contributed by atoms with van der Waals surface area (Å²) < 4.78 is 5.68. The predicted molar refractivity (Wildman–Crippen MR) is 64.3 cm³/mol. The van der Waals surface area contributed by atoms with Gasteiger partial charge in [-0.1, -0.05) is 12.1 Å². The second kappa shape index (κ2) is 4.75. The summed E-state index contributed by atoms with van der Waals surface area (Å²) in [6.45, 7) is 2.15. The van der Waals surface area contributed by atoms with Gasteiger partial charge in [-0.05, 0) is 37.0 Å². The molecular weight excluding hydrogens is 218 g/mol. The fourth-order valence-corrected chi connectivity index (χ4v) is 2.14. The lowest BCUT2D eigenvalue weighted by Crippen LogP contribution is -2.22. The monoisotopic (exact) mass is 235 g/mol. The van der Waals surface area contributed by atoms with E-state index in [1.54, 1.807) is 6.07 Å². The molecule has 3 N–H and O–H groups in total. The van der Waals surface area contributed by atoms with Crippen LogP contribution < -0.4 is 10.5 Å². The molecule has 0 aliphatic carbocycles. The first-order chi connectivity index (χ1) is 8.11. The van der Waals surface area contributed by atoms with Crippen molar-refractivity contribution >= 4 is 5.97 Å². The van der Waals surface area contributed by atoms with Crippen LogP contribution in [0.4, 0.5) is 0 Å². The van der Waals surface area contributed by atoms with Gasteiger partial charge < -0.3 is 15.6 Å². The van der Waals surface area contributed by atoms with Gasteiger partial charge >= 0.3 is 5.97 Å². The van der Waals surface area contributed by atoms with E-state index < -0.39 is 11.9 Å². The molecule has 0 amide bonds. The molecule has 1 aliphatic rings. The molecule has 0 radical (unpaired) electrons. The minimum atomic E-state index is -0.877. The molecule has 17 heavy (non-hydrogen) atoms. The van der Waals surface area contributed by atoms with E-state index in [9.17, 15) is 4.79 Å². The molecule has 2 atom stereocenters. The average Bonchev–Trinajstić information content (AvgIpc) is 2.29. The van der Waals surface area contributed by atoms with Crippen LogP contribution in [0.2, 0.25) is 0 Å². The van der Waals surface area contributed by atoms with Crippen molar-refractivity contribution in [3.63, 3.8) is 0 Å². The first-order valence-corrected chi connectivity index (χ1v) is 5.84. The van der Waals surface area contributed by atoms with Crippen LogP contribution in [0.25, 0.3) is 0 Å². The van der Waals surface area contributed by atoms with Crippen LogP contribution in [-0.4, -0.2) is 23.7 Å². The number of hydrogen-bond acceptors (Lipinski definition) is 3. The standard InChI is InChI=1S/C13H17NO3/c1-8-2-3-10-6-9(4-5-12(10)17-8)11(7-14)13(15)16/h4-6,8,11H,2-3,7,14H2,1H3,(H,15,16). The molecule has 0 saturated heterocycles. The zero-order chi connectivity index (χ0) is 12.4. The predicted octanol–water partition coefficient (Wildman–Crippen LogP) is 1.53. The third kappa shape index (κ3) is 2.42. The fraction of sp³-hybridized carbons (Fsp3) is 0.462. The van der Waals surface area contributed by atoms with Gasteiger partial charge in [0, 0.05) is 6.54 Å². The number of ether oxygens (including phenoxy) is 1. The molecule has 4 nitrogen and oxygen atoms in total. The van der Waals surface area contributed by atoms with Gasteiger partial charge in [0.1, 0.15) is 5.75 Å². The van der Waals surface area contributed by atoms with E-state index in [0.717, 1.165) is 29.7 Å². The zero-order valence-electron chi connectivity index (χ0n) is 9.85. The number of carbonyl (C=O) groups is 1. The van der Waals surface area contributed by atoms with Crippen molar-refractivity contribution in [1.82, 2.24) is 0 Å². The van der Waals surface area contributed by atoms with E-state index >= 15 is 0 Å². The fourth-order valence-electron chi connectivity index (χ4n) is 2.14. The summed E-state index contributed by atoms with van der Waals surface area (Å²) in [4.78, 5) is 11.0. The number of nitrogens with two attached hydrogens (primary N) is 1. The third-order valence-electron chi connectivity index (χ3n) is 3.17. The lowest BCUT2D eigenvalue weighted by atomic mass is 9.94. The number of rotatable bonds is 3. The van der Waals surface area contributed by atoms with E-state index in [4.69, 9.17) is 15.6 Å². The van der Waals surface area contributed by atoms with E-state index in [1.807, 2.05) is 19.1 Å². The summed E-state index contributed by atoms with van der Waals surface area (Å²) in [5, 5.41) is 9.06. The van der Waals surface area contributed by atoms with Gasteiger partial charge in [-0.3, -0.25) is 4.79 Å². The van der Waals surface area contributed by atoms with Gasteiger partial charge in [-0.2, -0.15) is 0 Å². The van der Waals surface area contributed by atoms with Crippen LogP contribution in [-0.2, 0) is 11.2 Å². The Morgan fingerprint density at radius 2 is 2.41 bits per heavy atom. The zero-order valence-corrected chi connectivity index (χ0v) is 9.85. The lowest BCUT2D eigenvalue weighted by molar-refractivity contribution is -0.138. The minimum absolute atomic E-state index is 0.116. The number of aliphatic carboxylic acids is 1. The SMILES string of the molecule is CC1CCc2cc(C(CN)C(=O)O)ccc2O1. The summed E-state index contributed by atoms with van der Waals surface area (Å²) in [5.41, 5.74) is 7.34. The highest BCUT2D eigenvalue weighted by Gasteiger charge is 2.21. The quantitative estimate of drug-likeness (QED) is 0.833. The van der Waals surface area contributed by atoms with Crippen molar-refractivity contribution in [2.24, 2.45) is 5.73 Å². The summed E-state index contributed by atoms with van der Waals surface area (Å²) in [7, 11) is 0. The molecule has 2 unspecified atom stereocenters. The molecule has 1 aliphatic heterocycles. The van der Waals surface area contributed by atoms with Crippen LogP contribution in [0.5, 0.6) is 5.75 Å². The Labute approximate surface area is 100 Å². The molecule has 2 rings (SSSR count). The molecule has 92 valence electrons. The van der Waals surface area contributed by atoms with Crippen LogP contribution in [0.3, 0.4) is 0 Å². The molecule has 1 aromatic carbocycles. The van der Waals surface area contributed by atoms with Gasteiger partial charge in [0.2, 0.25) is 0 Å². The molecule has 1 aromatic rings. The van der Waals surface area contributed by atoms with E-state index in [2.05, 4.69) is 0 Å². The maximum absolute atomic E-state index is 11.0. The first-order valence-electron chi connectivity index (χ1n) is 5.84. The van der Waals surface area contributed by atoms with Crippen LogP contribution in [0.1, 0.15) is 30.4 Å². The maximum atomic E-state index is 11.0. The number of carboxylic acid groups (broad SMARTS) is 1. The number of hydrogen-bond donors (Lipinski definition) is 2. The number of benzene rings is 1. The van der Waals surface area contributed by atoms with E-state index in [0.29, 0.717) is 0 Å². The van der Waals surface area contributed by atoms with Crippen LogP contribution in [0, 0.1) is 0 Å². The number of aryl methyl sites for hydroxylation is 1. The summed E-state index contributed by atoms with van der Waals surface area (Å²) >= 11 is 0. The Balaban J connectivity index is 2.30. The van der Waals surface area contributed by atoms with Crippen LogP contribution in [0.15, 0.2) is 18.2 Å². The molecule has 0 fully saturated rings. The highest BCUT2D eigenvalue weighted by molar-refractivity contribution is 5.76. The highest BCUT2D eigenvalue weighted by atomic mass is 16.5. The Morgan fingerprint density at radius 3 is 3.06 bits per heavy atom. The molecular formula is C13H17NO3. The molecule has 0 spiro atoms. The van der Waals surface area contributed by atoms with Crippen LogP contribution >= 0.6 is 0 Å². The van der Waals surface area contributed by atoms with Crippen molar-refractivity contribution in [1.29, 1.82) is 0 Å². The van der Waals surface area contributed by atoms with E-state index in [1.165, 1.54) is 0 Å². The smallest absolute Gasteiger partial charge is 0.312 e. The Kier molecular flexibility index (Phi) is 3.33. The Hall–Kier alpha value is -1.55. The first kappa shape index (κ1) is 11.9. The molecule has 0 aromatic heterocycles. The molecule has 0 bridgehead atoms. The summed E-state index contributed by atoms with van der Waals surface area (Å²) in [6.07, 6.45) is 2.14. The second-order valence-electron chi connectivity index (χ2n) is 4.46. The average molecular weight is 235 g/mol. The van der Waals surface area contributed by atoms with Gasteiger partial charge in [0.15, 0.2) is 0 Å². The topological polar surface area (TPSA) is 72.6 Å². The summed E-state index contributed by atoms with van der Waals surface area (Å²) in [5.74, 6) is -0.633. The van der Waals surface area contributed by atoms with Crippen molar-refractivity contribution < 1.29 is 14.6 Å². The van der Waals surface area contributed by atoms with Crippen molar-refractivity contribution in [2.75, 3.05) is 6.54 Å². The molecule has 1 heterocycles. The Bertz CT molecular complexity index is 431. The van der Waals surface area contributed by atoms with E-state index in [-0.39, 0.29) is 12.6 Å². The normalized spacial score (nSPS) is 20.2. The largest absolute Gasteiger partial charge is 0.490 e. The Morgan fingerprint density at radius 1 is 1.65 bits per heavy atom. The third-order valence-corrected chi connectivity index (χ3v) is 3.17. The van der Waals surface area contributed by atoms with Gasteiger partial charge in [0.05, 0.1) is 12.0 Å². The van der Waals surface area contributed by atoms with Crippen molar-refractivity contribution in [3.05, 3.63) is 29.3 Å². The number of fused-ring (bicyclic) bond motifs is 1. The van der Waals surface area contributed by atoms with Gasteiger partial charge in [-0.25, -0.2) is 0 Å². The molecule has 4 heteroatoms. The van der Waals surface area contributed by atoms with Crippen molar-refractivity contribution in [3.8, 4) is 5.75 Å². The summed E-state index contributed by atoms with van der Waals surface area (Å²) in [6, 6.07) is 5.56. The van der Waals surface area contributed by atoms with Crippen molar-refractivity contribution in [2.45, 2.75) is 31.8 Å². The highest BCUT2D eigenvalue weighted by Crippen LogP contribution is 2.30. The number of carboxylic acids is 1. The van der Waals surface area contributed by atoms with Gasteiger partial charge in [-0.15, -0.1) is 0 Å². The maximum Gasteiger partial charge on any atom is 0.312 e. The second-order valence-corrected chi connectivity index (χ2v) is 4.46. The van der Waals surface area contributed by atoms with Gasteiger partial charge in [0.25, 0.3) is 0 Å². The minimum Gasteiger partial charge on any atom is -0.490 e.